The van der Waals surface area contributed by atoms with Crippen LogP contribution in [0.25, 0.3) is 11.5 Å². The van der Waals surface area contributed by atoms with Gasteiger partial charge in [0.25, 0.3) is 5.91 Å². The number of aromatic nitrogens is 1. The maximum atomic E-state index is 12.6. The number of nitrogens with one attached hydrogen (secondary N) is 1. The molecule has 0 fully saturated rings. The van der Waals surface area contributed by atoms with E-state index >= 15 is 0 Å². The van der Waals surface area contributed by atoms with Gasteiger partial charge in [-0.15, -0.1) is 0 Å². The van der Waals surface area contributed by atoms with E-state index < -0.39 is 17.9 Å². The highest BCUT2D eigenvalue weighted by atomic mass is 35.5. The lowest BCUT2D eigenvalue weighted by Crippen LogP contribution is -2.42. The topological polar surface area (TPSA) is 157 Å². The predicted octanol–water partition coefficient (Wildman–Crippen LogP) is 3.28. The zero-order valence-electron chi connectivity index (χ0n) is 18.0. The molecule has 0 aliphatic heterocycles. The summed E-state index contributed by atoms with van der Waals surface area (Å²) in [5.74, 6) is -1.34. The number of oxazole rings is 1. The molecular weight excluding hydrogens is 481 g/mol. The third-order valence-electron chi connectivity index (χ3n) is 4.87. The first-order valence-electron chi connectivity index (χ1n) is 10.3. The number of benzene rings is 2. The van der Waals surface area contributed by atoms with Gasteiger partial charge in [0, 0.05) is 18.5 Å². The van der Waals surface area contributed by atoms with Crippen molar-refractivity contribution >= 4 is 41.0 Å². The fourth-order valence-corrected chi connectivity index (χ4v) is 3.76. The smallest absolute Gasteiger partial charge is 0.326 e. The van der Waals surface area contributed by atoms with E-state index in [0.29, 0.717) is 24.4 Å². The molecule has 1 heterocycles. The van der Waals surface area contributed by atoms with Crippen LogP contribution in [0.15, 0.2) is 58.1 Å². The Bertz CT molecular complexity index is 1170. The predicted molar refractivity (Wildman–Crippen MR) is 130 cm³/mol. The van der Waals surface area contributed by atoms with Gasteiger partial charge in [0.05, 0.1) is 21.3 Å². The molecule has 0 saturated carbocycles. The molecule has 9 nitrogen and oxygen atoms in total. The van der Waals surface area contributed by atoms with Gasteiger partial charge in [-0.1, -0.05) is 41.4 Å². The van der Waals surface area contributed by atoms with Crippen molar-refractivity contribution in [1.29, 1.82) is 0 Å². The first-order valence-corrected chi connectivity index (χ1v) is 11.1. The Hall–Kier alpha value is -3.56. The lowest BCUT2D eigenvalue weighted by Gasteiger charge is -2.16. The first-order chi connectivity index (χ1) is 16.2. The SMILES string of the molecule is NC(N)=NCCCc1coc(-c2ccc(C[C@H](NC(=O)c3c(Cl)cccc3Cl)C(=O)O)cc2)n1. The Morgan fingerprint density at radius 2 is 1.79 bits per heavy atom. The fourth-order valence-electron chi connectivity index (χ4n) is 3.19. The van der Waals surface area contributed by atoms with Gasteiger partial charge < -0.3 is 26.3 Å². The van der Waals surface area contributed by atoms with E-state index in [1.54, 1.807) is 36.6 Å². The summed E-state index contributed by atoms with van der Waals surface area (Å²) >= 11 is 12.1. The van der Waals surface area contributed by atoms with Crippen molar-refractivity contribution in [1.82, 2.24) is 10.3 Å². The number of hydrogen-bond acceptors (Lipinski definition) is 5. The Kier molecular flexibility index (Phi) is 8.50. The van der Waals surface area contributed by atoms with Gasteiger partial charge in [-0.2, -0.15) is 0 Å². The van der Waals surface area contributed by atoms with Crippen molar-refractivity contribution in [2.75, 3.05) is 6.54 Å². The van der Waals surface area contributed by atoms with Crippen molar-refractivity contribution in [2.45, 2.75) is 25.3 Å². The van der Waals surface area contributed by atoms with E-state index in [4.69, 9.17) is 39.1 Å². The number of nitrogens with zero attached hydrogens (tertiary/aromatic N) is 2. The zero-order chi connectivity index (χ0) is 24.7. The maximum absolute atomic E-state index is 12.6. The van der Waals surface area contributed by atoms with Crippen LogP contribution in [0.2, 0.25) is 10.0 Å². The monoisotopic (exact) mass is 503 g/mol. The second kappa shape index (κ2) is 11.5. The summed E-state index contributed by atoms with van der Waals surface area (Å²) in [4.78, 5) is 32.7. The average Bonchev–Trinajstić information content (AvgIpc) is 3.25. The fraction of sp³-hybridized carbons (Fsp3) is 0.217. The van der Waals surface area contributed by atoms with Crippen LogP contribution in [0, 0.1) is 0 Å². The Morgan fingerprint density at radius 1 is 1.12 bits per heavy atom. The molecular formula is C23H23Cl2N5O4. The summed E-state index contributed by atoms with van der Waals surface area (Å²) in [7, 11) is 0. The van der Waals surface area contributed by atoms with Gasteiger partial charge in [0.15, 0.2) is 5.96 Å². The molecule has 3 aromatic rings. The van der Waals surface area contributed by atoms with Gasteiger partial charge in [0.1, 0.15) is 12.3 Å². The second-order valence-electron chi connectivity index (χ2n) is 7.42. The molecule has 6 N–H and O–H groups in total. The number of rotatable bonds is 10. The number of guanidine groups is 1. The number of carbonyl (C=O) groups is 2. The number of amides is 1. The van der Waals surface area contributed by atoms with Crippen LogP contribution in [0.5, 0.6) is 0 Å². The number of carbonyl (C=O) groups excluding carboxylic acids is 1. The van der Waals surface area contributed by atoms with Crippen molar-refractivity contribution in [3.63, 3.8) is 0 Å². The Morgan fingerprint density at radius 3 is 2.41 bits per heavy atom. The highest BCUT2D eigenvalue weighted by Gasteiger charge is 2.24. The number of nitrogens with two attached hydrogens (primary N) is 2. The lowest BCUT2D eigenvalue weighted by molar-refractivity contribution is -0.139. The molecule has 2 aromatic carbocycles. The van der Waals surface area contributed by atoms with Crippen LogP contribution >= 0.6 is 23.2 Å². The van der Waals surface area contributed by atoms with Crippen molar-refractivity contribution in [3.05, 3.63) is 75.6 Å². The molecule has 0 bridgehead atoms. The lowest BCUT2D eigenvalue weighted by atomic mass is 10.0. The largest absolute Gasteiger partial charge is 0.480 e. The summed E-state index contributed by atoms with van der Waals surface area (Å²) in [6.45, 7) is 0.503. The minimum Gasteiger partial charge on any atom is -0.480 e. The van der Waals surface area contributed by atoms with Gasteiger partial charge in [-0.25, -0.2) is 9.78 Å². The van der Waals surface area contributed by atoms with Gasteiger partial charge in [0.2, 0.25) is 5.89 Å². The molecule has 0 aliphatic carbocycles. The Balaban J connectivity index is 1.64. The molecule has 0 radical (unpaired) electrons. The maximum Gasteiger partial charge on any atom is 0.326 e. The molecule has 11 heteroatoms. The Labute approximate surface area is 205 Å². The highest BCUT2D eigenvalue weighted by Crippen LogP contribution is 2.24. The molecule has 3 rings (SSSR count). The molecule has 1 amide bonds. The molecule has 1 atom stereocenters. The number of aryl methyl sites for hydroxylation is 1. The van der Waals surface area contributed by atoms with Gasteiger partial charge in [-0.3, -0.25) is 9.79 Å². The van der Waals surface area contributed by atoms with Crippen LogP contribution in [-0.2, 0) is 17.6 Å². The summed E-state index contributed by atoms with van der Waals surface area (Å²) in [5, 5.41) is 12.4. The normalized spacial score (nSPS) is 11.6. The van der Waals surface area contributed by atoms with Crippen molar-refractivity contribution < 1.29 is 19.1 Å². The highest BCUT2D eigenvalue weighted by molar-refractivity contribution is 6.39. The molecule has 0 saturated heterocycles. The number of aliphatic carboxylic acids is 1. The molecule has 0 spiro atoms. The second-order valence-corrected chi connectivity index (χ2v) is 8.23. The van der Waals surface area contributed by atoms with Crippen LogP contribution < -0.4 is 16.8 Å². The van der Waals surface area contributed by atoms with Gasteiger partial charge in [-0.05, 0) is 42.7 Å². The number of halogens is 2. The summed E-state index contributed by atoms with van der Waals surface area (Å²) < 4.78 is 5.54. The third kappa shape index (κ3) is 6.72. The number of aliphatic imine (C=N–C) groups is 1. The number of hydrogen-bond donors (Lipinski definition) is 4. The molecule has 1 aromatic heterocycles. The summed E-state index contributed by atoms with van der Waals surface area (Å²) in [6, 6.07) is 10.5. The summed E-state index contributed by atoms with van der Waals surface area (Å²) in [6.07, 6.45) is 3.03. The number of carboxylic acids is 1. The van der Waals surface area contributed by atoms with E-state index in [0.717, 1.165) is 17.7 Å². The van der Waals surface area contributed by atoms with Crippen LogP contribution in [0.1, 0.15) is 28.0 Å². The average molecular weight is 504 g/mol. The van der Waals surface area contributed by atoms with Gasteiger partial charge >= 0.3 is 5.97 Å². The van der Waals surface area contributed by atoms with E-state index in [1.165, 1.54) is 12.1 Å². The first kappa shape index (κ1) is 25.1. The van der Waals surface area contributed by atoms with Crippen molar-refractivity contribution in [3.8, 4) is 11.5 Å². The molecule has 178 valence electrons. The van der Waals surface area contributed by atoms with E-state index in [2.05, 4.69) is 15.3 Å². The third-order valence-corrected chi connectivity index (χ3v) is 5.50. The minimum absolute atomic E-state index is 0.0328. The van der Waals surface area contributed by atoms with Crippen molar-refractivity contribution in [2.24, 2.45) is 16.5 Å². The quantitative estimate of drug-likeness (QED) is 0.187. The molecule has 0 aliphatic rings. The zero-order valence-corrected chi connectivity index (χ0v) is 19.5. The summed E-state index contributed by atoms with van der Waals surface area (Å²) in [5.41, 5.74) is 12.8. The van der Waals surface area contributed by atoms with E-state index in [-0.39, 0.29) is 28.0 Å². The molecule has 0 unspecified atom stereocenters. The number of carboxylic acid groups (broad SMARTS) is 1. The van der Waals surface area contributed by atoms with Crippen LogP contribution in [0.3, 0.4) is 0 Å². The minimum atomic E-state index is -1.18. The molecule has 34 heavy (non-hydrogen) atoms. The van der Waals surface area contributed by atoms with Crippen LogP contribution in [0.4, 0.5) is 0 Å². The van der Waals surface area contributed by atoms with E-state index in [1.807, 2.05) is 0 Å². The van der Waals surface area contributed by atoms with Crippen LogP contribution in [-0.4, -0.2) is 40.5 Å². The standard InChI is InChI=1S/C23H23Cl2N5O4/c24-16-4-1-5-17(25)19(16)20(31)30-18(22(32)33)11-13-6-8-14(9-7-13)21-29-15(12-34-21)3-2-10-28-23(26)27/h1,4-9,12,18H,2-3,10-11H2,(H,30,31)(H,32,33)(H4,26,27,28)/t18-/m0/s1. The van der Waals surface area contributed by atoms with E-state index in [9.17, 15) is 14.7 Å².